The van der Waals surface area contributed by atoms with E-state index in [1.54, 1.807) is 16.3 Å². The molecule has 1 aromatic carbocycles. The van der Waals surface area contributed by atoms with Gasteiger partial charge in [0, 0.05) is 54.5 Å². The molecule has 3 saturated heterocycles. The second kappa shape index (κ2) is 19.2. The summed E-state index contributed by atoms with van der Waals surface area (Å²) in [4.78, 5) is 53.6. The molecule has 16 nitrogen and oxygen atoms in total. The van der Waals surface area contributed by atoms with Gasteiger partial charge in [0.15, 0.2) is 5.13 Å². The van der Waals surface area contributed by atoms with Crippen molar-refractivity contribution in [3.63, 3.8) is 0 Å². The second-order valence-corrected chi connectivity index (χ2v) is 22.2. The number of benzene rings is 1. The van der Waals surface area contributed by atoms with E-state index in [0.717, 1.165) is 42.6 Å². The van der Waals surface area contributed by atoms with Gasteiger partial charge in [0.25, 0.3) is 0 Å². The van der Waals surface area contributed by atoms with Crippen LogP contribution in [-0.2, 0) is 24.4 Å². The number of ether oxygens (including phenoxy) is 2. The molecule has 5 heterocycles. The minimum atomic E-state index is -3.32. The van der Waals surface area contributed by atoms with E-state index in [9.17, 15) is 23.1 Å². The molecule has 2 unspecified atom stereocenters. The first-order valence-corrected chi connectivity index (χ1v) is 25.1. The van der Waals surface area contributed by atoms with Crippen LogP contribution in [0.5, 0.6) is 11.5 Å². The Labute approximate surface area is 375 Å². The van der Waals surface area contributed by atoms with Gasteiger partial charge in [0.2, 0.25) is 21.8 Å². The number of carbonyl (C=O) groups excluding carboxylic acids is 2. The number of hydrogen-bond donors (Lipinski definition) is 5. The summed E-state index contributed by atoms with van der Waals surface area (Å²) in [6.07, 6.45) is 5.75. The number of anilines is 1. The number of aromatic nitrogens is 2. The number of nitrogens with zero attached hydrogens (tertiary/aromatic N) is 4. The predicted octanol–water partition coefficient (Wildman–Crippen LogP) is 5.58. The Morgan fingerprint density at radius 2 is 1.79 bits per heavy atom. The molecule has 0 radical (unpaired) electrons. The Morgan fingerprint density at radius 1 is 1.05 bits per heavy atom. The third-order valence-corrected chi connectivity index (χ3v) is 15.7. The fourth-order valence-corrected chi connectivity index (χ4v) is 11.7. The van der Waals surface area contributed by atoms with Crippen LogP contribution in [0.15, 0.2) is 29.6 Å². The van der Waals surface area contributed by atoms with E-state index in [1.807, 2.05) is 50.4 Å². The zero-order valence-electron chi connectivity index (χ0n) is 37.7. The maximum absolute atomic E-state index is 15.1. The summed E-state index contributed by atoms with van der Waals surface area (Å²) in [6.45, 7) is 13.1. The van der Waals surface area contributed by atoms with E-state index >= 15 is 4.79 Å². The van der Waals surface area contributed by atoms with Crippen LogP contribution in [0.1, 0.15) is 106 Å². The van der Waals surface area contributed by atoms with Crippen molar-refractivity contribution in [3.8, 4) is 22.9 Å². The number of fused-ring (bicyclic) bond motifs is 3. The van der Waals surface area contributed by atoms with Gasteiger partial charge in [-0.2, -0.15) is 0 Å². The topological polar surface area (TPSA) is 204 Å². The quantitative estimate of drug-likeness (QED) is 0.133. The Hall–Kier alpha value is -4.10. The van der Waals surface area contributed by atoms with Gasteiger partial charge >= 0.3 is 5.97 Å². The van der Waals surface area contributed by atoms with E-state index in [2.05, 4.69) is 42.0 Å². The molecular weight excluding hydrogens is 845 g/mol. The lowest BCUT2D eigenvalue weighted by atomic mass is 9.86. The first-order valence-electron chi connectivity index (χ1n) is 22.6. The first kappa shape index (κ1) is 46.9. The number of nitrogens with one attached hydrogen (secondary N) is 4. The summed E-state index contributed by atoms with van der Waals surface area (Å²) in [5, 5.41) is 27.3. The van der Waals surface area contributed by atoms with Gasteiger partial charge in [0.05, 0.1) is 42.8 Å². The number of sulfonamides is 1. The summed E-state index contributed by atoms with van der Waals surface area (Å²) in [5.41, 5.74) is 0.206. The predicted molar refractivity (Wildman–Crippen MR) is 244 cm³/mol. The van der Waals surface area contributed by atoms with Gasteiger partial charge in [-0.05, 0) is 69.9 Å². The highest BCUT2D eigenvalue weighted by Gasteiger charge is 2.62. The van der Waals surface area contributed by atoms with E-state index < -0.39 is 51.8 Å². The lowest BCUT2D eigenvalue weighted by Crippen LogP contribution is -2.60. The normalized spacial score (nSPS) is 26.9. The molecule has 2 amide bonds. The van der Waals surface area contributed by atoms with Crippen molar-refractivity contribution in [2.45, 2.75) is 148 Å². The molecule has 4 aliphatic rings. The van der Waals surface area contributed by atoms with E-state index in [0.29, 0.717) is 67.2 Å². The number of amides is 2. The van der Waals surface area contributed by atoms with Crippen LogP contribution >= 0.6 is 11.3 Å². The molecular formula is C45H66N8O8S2. The number of hydrogen-bond acceptors (Lipinski definition) is 13. The molecule has 346 valence electrons. The zero-order chi connectivity index (χ0) is 45.3. The van der Waals surface area contributed by atoms with Crippen molar-refractivity contribution in [1.29, 1.82) is 0 Å². The summed E-state index contributed by atoms with van der Waals surface area (Å²) in [6, 6.07) is 5.66. The van der Waals surface area contributed by atoms with Crippen LogP contribution in [0, 0.1) is 11.3 Å². The van der Waals surface area contributed by atoms with Crippen LogP contribution in [0.3, 0.4) is 0 Å². The largest absolute Gasteiger partial charge is 0.497 e. The van der Waals surface area contributed by atoms with Crippen molar-refractivity contribution in [2.75, 3.05) is 37.8 Å². The molecule has 1 aliphatic carbocycles. The van der Waals surface area contributed by atoms with Gasteiger partial charge in [-0.3, -0.25) is 20.2 Å². The van der Waals surface area contributed by atoms with Gasteiger partial charge in [-0.15, -0.1) is 11.3 Å². The molecule has 5 N–H and O–H groups in total. The highest BCUT2D eigenvalue weighted by molar-refractivity contribution is 7.89. The van der Waals surface area contributed by atoms with Crippen molar-refractivity contribution in [2.24, 2.45) is 11.3 Å². The molecule has 1 saturated carbocycles. The number of carboxylic acids is 1. The van der Waals surface area contributed by atoms with Crippen molar-refractivity contribution in [3.05, 3.63) is 29.6 Å². The van der Waals surface area contributed by atoms with Crippen molar-refractivity contribution in [1.82, 2.24) is 35.1 Å². The Morgan fingerprint density at radius 3 is 2.48 bits per heavy atom. The zero-order valence-corrected chi connectivity index (χ0v) is 39.4. The van der Waals surface area contributed by atoms with Gasteiger partial charge in [-0.25, -0.2) is 27.5 Å². The molecule has 7 rings (SSSR count). The fourth-order valence-electron chi connectivity index (χ4n) is 9.32. The molecule has 4 fully saturated rings. The number of carboxylic acid groups (broad SMARTS) is 1. The van der Waals surface area contributed by atoms with Crippen LogP contribution in [-0.4, -0.2) is 125 Å². The Bertz CT molecular complexity index is 2250. The van der Waals surface area contributed by atoms with E-state index in [-0.39, 0.29) is 48.0 Å². The number of thiazole rings is 1. The molecule has 0 spiro atoms. The molecule has 3 aromatic rings. The lowest BCUT2D eigenvalue weighted by Gasteiger charge is -2.38. The molecule has 3 aliphatic heterocycles. The minimum absolute atomic E-state index is 0.0896. The second-order valence-electron chi connectivity index (χ2n) is 19.3. The summed E-state index contributed by atoms with van der Waals surface area (Å²) < 4.78 is 39.6. The molecule has 63 heavy (non-hydrogen) atoms. The van der Waals surface area contributed by atoms with Crippen LogP contribution in [0.2, 0.25) is 0 Å². The number of pyridine rings is 1. The highest BCUT2D eigenvalue weighted by Crippen LogP contribution is 2.48. The first-order chi connectivity index (χ1) is 29.9. The average molecular weight is 911 g/mol. The van der Waals surface area contributed by atoms with Crippen LogP contribution < -0.4 is 30.7 Å². The third-order valence-electron chi connectivity index (χ3n) is 13.0. The van der Waals surface area contributed by atoms with Crippen molar-refractivity contribution >= 4 is 55.2 Å². The molecule has 0 bridgehead atoms. The minimum Gasteiger partial charge on any atom is -0.497 e. The summed E-state index contributed by atoms with van der Waals surface area (Å²) in [7, 11) is -1.73. The monoisotopic (exact) mass is 910 g/mol. The van der Waals surface area contributed by atoms with Crippen molar-refractivity contribution < 1.29 is 37.4 Å². The maximum atomic E-state index is 15.1. The number of rotatable bonds is 13. The SMILES string of the molecule is COc1ccc2c(O[C@@H]3C[C@H]4C(=O)N[C@]5(C(=O)O)CC5CCCCCCC[C@H](NC(C)N[C@H](CN5CCCS5(=O)=O)C(C)(C)C)C(=O)N4C3)cc(-c3csc(NC(C)C)n3)nc2c1. The average Bonchev–Trinajstić information content (AvgIpc) is 3.49. The molecule has 7 atom stereocenters. The highest BCUT2D eigenvalue weighted by atomic mass is 32.2. The standard InChI is InChI=1S/C45H66N8O8S2/c1-27(2)46-43-50-36(26-62-43)35-22-38(32-17-16-30(60-7)20-34(32)49-35)61-31-21-37-40(54)51-45(42(56)57)23-29(45)14-11-9-8-10-12-15-33(41(55)53(37)24-31)47-28(3)48-39(44(4,5)6)25-52-18-13-19-63(52,58)59/h16-17,20,22,26-29,31,33,37,39,47-48H,8-15,18-19,21,23-25H2,1-7H3,(H,46,50)(H,51,54)(H,56,57)/t28?,29?,31-,33+,37+,39-,45-/m1/s1. The fraction of sp³-hybridized carbons (Fsp3) is 0.667. The summed E-state index contributed by atoms with van der Waals surface area (Å²) in [5.74, 6) is -0.721. The Balaban J connectivity index is 1.19. The van der Waals surface area contributed by atoms with E-state index in [1.165, 1.54) is 11.3 Å². The number of aliphatic carboxylic acids is 1. The molecule has 2 aromatic heterocycles. The molecule has 18 heteroatoms. The Kier molecular flexibility index (Phi) is 14.3. The van der Waals surface area contributed by atoms with E-state index in [4.69, 9.17) is 19.4 Å². The van der Waals surface area contributed by atoms with Gasteiger partial charge in [-0.1, -0.05) is 52.9 Å². The third kappa shape index (κ3) is 10.9. The maximum Gasteiger partial charge on any atom is 0.329 e. The van der Waals surface area contributed by atoms with Gasteiger partial charge < -0.3 is 30.1 Å². The van der Waals surface area contributed by atoms with Gasteiger partial charge in [0.1, 0.15) is 34.9 Å². The van der Waals surface area contributed by atoms with Crippen LogP contribution in [0.4, 0.5) is 5.13 Å². The van der Waals surface area contributed by atoms with Crippen LogP contribution in [0.25, 0.3) is 22.3 Å². The number of carbonyl (C=O) groups is 3. The number of methoxy groups -OCH3 is 1. The summed E-state index contributed by atoms with van der Waals surface area (Å²) >= 11 is 1.48. The smallest absolute Gasteiger partial charge is 0.329 e. The lowest BCUT2D eigenvalue weighted by molar-refractivity contribution is -0.146.